The Hall–Kier alpha value is -1.50. The number of aliphatic imine (C=N–C) groups is 1. The van der Waals surface area contributed by atoms with Crippen LogP contribution in [-0.4, -0.2) is 35.8 Å². The number of carbonyl (C=O) groups is 1. The van der Waals surface area contributed by atoms with E-state index in [2.05, 4.69) is 10.4 Å². The van der Waals surface area contributed by atoms with Crippen molar-refractivity contribution in [2.45, 2.75) is 33.1 Å². The zero-order valence-electron chi connectivity index (χ0n) is 13.1. The number of hydrazine groups is 1. The van der Waals surface area contributed by atoms with Crippen LogP contribution in [0.3, 0.4) is 0 Å². The van der Waals surface area contributed by atoms with Gasteiger partial charge in [0.15, 0.2) is 6.10 Å². The Morgan fingerprint density at radius 2 is 2.00 bits per heavy atom. The zero-order valence-corrected chi connectivity index (χ0v) is 14.6. The van der Waals surface area contributed by atoms with Crippen molar-refractivity contribution >= 4 is 35.0 Å². The lowest BCUT2D eigenvalue weighted by Crippen LogP contribution is -2.56. The number of halogens is 2. The fourth-order valence-electron chi connectivity index (χ4n) is 2.13. The van der Waals surface area contributed by atoms with Crippen LogP contribution in [0.4, 0.5) is 4.79 Å². The van der Waals surface area contributed by atoms with Crippen LogP contribution in [-0.2, 0) is 4.74 Å². The lowest BCUT2D eigenvalue weighted by Gasteiger charge is -2.39. The van der Waals surface area contributed by atoms with Crippen molar-refractivity contribution in [2.24, 2.45) is 10.4 Å². The number of ether oxygens (including phenoxy) is 2. The highest BCUT2D eigenvalue weighted by Crippen LogP contribution is 2.30. The minimum Gasteiger partial charge on any atom is -0.465 e. The molecule has 8 heteroatoms. The van der Waals surface area contributed by atoms with Crippen LogP contribution < -0.4 is 10.2 Å². The highest BCUT2D eigenvalue weighted by atomic mass is 35.5. The van der Waals surface area contributed by atoms with Gasteiger partial charge in [-0.15, -0.1) is 0 Å². The van der Waals surface area contributed by atoms with Gasteiger partial charge >= 0.3 is 5.43 Å². The molecule has 23 heavy (non-hydrogen) atoms. The fraction of sp³-hybridized carbons (Fsp3) is 0.467. The van der Waals surface area contributed by atoms with Crippen molar-refractivity contribution < 1.29 is 14.3 Å². The van der Waals surface area contributed by atoms with Gasteiger partial charge in [0.25, 0.3) is 0 Å². The summed E-state index contributed by atoms with van der Waals surface area (Å²) in [6.45, 7) is 6.22. The molecule has 0 saturated carbocycles. The maximum absolute atomic E-state index is 11.3. The summed E-state index contributed by atoms with van der Waals surface area (Å²) >= 11 is 11.3. The maximum Gasteiger partial charge on any atom is 0.404 e. The first-order valence-corrected chi connectivity index (χ1v) is 7.83. The quantitative estimate of drug-likeness (QED) is 0.813. The molecule has 0 spiro atoms. The van der Waals surface area contributed by atoms with E-state index in [0.29, 0.717) is 17.4 Å². The third-order valence-corrected chi connectivity index (χ3v) is 3.57. The average Bonchev–Trinajstić information content (AvgIpc) is 2.97. The van der Waals surface area contributed by atoms with Gasteiger partial charge in [-0.3, -0.25) is 10.0 Å². The van der Waals surface area contributed by atoms with Gasteiger partial charge in [-0.1, -0.05) is 32.4 Å². The number of carbonyl (C=O) groups excluding carboxylic acids is 1. The minimum absolute atomic E-state index is 0.417. The molecule has 1 aromatic carbocycles. The third kappa shape index (κ3) is 4.99. The summed E-state index contributed by atoms with van der Waals surface area (Å²) in [6, 6.07) is 6.92. The standard InChI is InChI=1S/C15H19Cl2N3O3/c1-15(2,3)12(23-14(17)21)13(20-9-18-8-19-20)22-11-6-4-10(16)5-7-11/h4-7,9,12-13,19H,8H2,1-3H3. The summed E-state index contributed by atoms with van der Waals surface area (Å²) in [5.74, 6) is 0.585. The molecule has 1 heterocycles. The van der Waals surface area contributed by atoms with Gasteiger partial charge < -0.3 is 9.47 Å². The predicted octanol–water partition coefficient (Wildman–Crippen LogP) is 3.64. The number of rotatable bonds is 5. The van der Waals surface area contributed by atoms with Gasteiger partial charge in [0.1, 0.15) is 18.8 Å². The van der Waals surface area contributed by atoms with Crippen molar-refractivity contribution in [1.29, 1.82) is 0 Å². The number of benzene rings is 1. The van der Waals surface area contributed by atoms with Crippen molar-refractivity contribution in [1.82, 2.24) is 10.4 Å². The highest BCUT2D eigenvalue weighted by Gasteiger charge is 2.41. The van der Waals surface area contributed by atoms with Crippen LogP contribution in [0.25, 0.3) is 0 Å². The topological polar surface area (TPSA) is 63.2 Å². The molecule has 1 aliphatic rings. The molecule has 126 valence electrons. The summed E-state index contributed by atoms with van der Waals surface area (Å²) in [5.41, 5.74) is 1.74. The molecular weight excluding hydrogens is 341 g/mol. The number of nitrogens with one attached hydrogen (secondary N) is 1. The molecule has 1 N–H and O–H groups in total. The summed E-state index contributed by atoms with van der Waals surface area (Å²) in [7, 11) is 0. The number of hydrogen-bond donors (Lipinski definition) is 1. The Labute approximate surface area is 145 Å². The van der Waals surface area contributed by atoms with E-state index in [-0.39, 0.29) is 0 Å². The van der Waals surface area contributed by atoms with Crippen LogP contribution in [0.15, 0.2) is 29.3 Å². The number of hydrogen-bond acceptors (Lipinski definition) is 6. The van der Waals surface area contributed by atoms with Crippen LogP contribution >= 0.6 is 23.2 Å². The Morgan fingerprint density at radius 3 is 2.48 bits per heavy atom. The Kier molecular flexibility index (Phi) is 5.73. The van der Waals surface area contributed by atoms with Gasteiger partial charge in [0.2, 0.25) is 6.23 Å². The summed E-state index contributed by atoms with van der Waals surface area (Å²) < 4.78 is 11.3. The van der Waals surface area contributed by atoms with E-state index in [1.54, 1.807) is 35.6 Å². The molecule has 0 aromatic heterocycles. The van der Waals surface area contributed by atoms with Crippen LogP contribution in [0.5, 0.6) is 5.75 Å². The molecule has 0 aliphatic carbocycles. The summed E-state index contributed by atoms with van der Waals surface area (Å²) in [5, 5.41) is 2.26. The first kappa shape index (κ1) is 17.8. The van der Waals surface area contributed by atoms with Gasteiger partial charge in [0, 0.05) is 22.0 Å². The molecule has 2 rings (SSSR count). The van der Waals surface area contributed by atoms with E-state index >= 15 is 0 Å². The Balaban J connectivity index is 2.29. The molecule has 1 aliphatic heterocycles. The normalized spacial score (nSPS) is 17.0. The molecule has 0 saturated heterocycles. The van der Waals surface area contributed by atoms with Crippen molar-refractivity contribution in [3.8, 4) is 5.75 Å². The van der Waals surface area contributed by atoms with E-state index in [4.69, 9.17) is 32.7 Å². The molecule has 0 bridgehead atoms. The third-order valence-electron chi connectivity index (χ3n) is 3.23. The molecule has 0 amide bonds. The van der Waals surface area contributed by atoms with E-state index < -0.39 is 23.2 Å². The zero-order chi connectivity index (χ0) is 17.0. The molecule has 0 fully saturated rings. The smallest absolute Gasteiger partial charge is 0.404 e. The SMILES string of the molecule is CC(C)(C)C(OC(=O)Cl)C(Oc1ccc(Cl)cc1)N1C=NCN1. The first-order valence-electron chi connectivity index (χ1n) is 7.07. The average molecular weight is 360 g/mol. The van der Waals surface area contributed by atoms with Crippen molar-refractivity contribution in [3.05, 3.63) is 29.3 Å². The Morgan fingerprint density at radius 1 is 1.35 bits per heavy atom. The molecule has 0 radical (unpaired) electrons. The molecule has 6 nitrogen and oxygen atoms in total. The van der Waals surface area contributed by atoms with Crippen LogP contribution in [0.1, 0.15) is 20.8 Å². The monoisotopic (exact) mass is 359 g/mol. The van der Waals surface area contributed by atoms with E-state index in [1.807, 2.05) is 20.8 Å². The summed E-state index contributed by atoms with van der Waals surface area (Å²) in [4.78, 5) is 15.4. The van der Waals surface area contributed by atoms with E-state index in [0.717, 1.165) is 0 Å². The Bertz CT molecular complexity index is 572. The van der Waals surface area contributed by atoms with Gasteiger partial charge in [-0.2, -0.15) is 0 Å². The predicted molar refractivity (Wildman–Crippen MR) is 89.8 cm³/mol. The molecule has 2 atom stereocenters. The van der Waals surface area contributed by atoms with E-state index in [9.17, 15) is 4.79 Å². The van der Waals surface area contributed by atoms with Crippen molar-refractivity contribution in [2.75, 3.05) is 6.67 Å². The fourth-order valence-corrected chi connectivity index (χ4v) is 2.35. The second-order valence-corrected chi connectivity index (χ2v) is 6.87. The lowest BCUT2D eigenvalue weighted by molar-refractivity contribution is -0.0919. The molecular formula is C15H19Cl2N3O3. The second-order valence-electron chi connectivity index (χ2n) is 6.13. The van der Waals surface area contributed by atoms with Gasteiger partial charge in [-0.05, 0) is 24.3 Å². The lowest BCUT2D eigenvalue weighted by atomic mass is 9.87. The highest BCUT2D eigenvalue weighted by molar-refractivity contribution is 6.61. The van der Waals surface area contributed by atoms with Gasteiger partial charge in [0.05, 0.1) is 0 Å². The molecule has 1 aromatic rings. The largest absolute Gasteiger partial charge is 0.465 e. The minimum atomic E-state index is -0.884. The van der Waals surface area contributed by atoms with Crippen LogP contribution in [0, 0.1) is 5.41 Å². The molecule has 2 unspecified atom stereocenters. The van der Waals surface area contributed by atoms with Crippen molar-refractivity contribution in [3.63, 3.8) is 0 Å². The second kappa shape index (κ2) is 7.38. The first-order chi connectivity index (χ1) is 10.8. The number of nitrogens with zero attached hydrogens (tertiary/aromatic N) is 2. The van der Waals surface area contributed by atoms with Gasteiger partial charge in [-0.25, -0.2) is 10.2 Å². The van der Waals surface area contributed by atoms with Crippen LogP contribution in [0.2, 0.25) is 5.02 Å². The summed E-state index contributed by atoms with van der Waals surface area (Å²) in [6.07, 6.45) is 0.312. The maximum atomic E-state index is 11.3. The van der Waals surface area contributed by atoms with E-state index in [1.165, 1.54) is 0 Å².